The molecule has 8 heterocycles. The fraction of sp³-hybridized carbons (Fsp3) is 0.604. The van der Waals surface area contributed by atoms with Crippen molar-refractivity contribution < 1.29 is 41.0 Å². The van der Waals surface area contributed by atoms with Crippen molar-refractivity contribution in [3.8, 4) is 29.6 Å². The lowest BCUT2D eigenvalue weighted by atomic mass is 9.91. The molecule has 0 N–H and O–H groups in total. The first-order valence-electron chi connectivity index (χ1n) is 23.2. The van der Waals surface area contributed by atoms with E-state index in [1.807, 2.05) is 25.7 Å². The highest BCUT2D eigenvalue weighted by Gasteiger charge is 2.72. The molecule has 12 nitrogen and oxygen atoms in total. The van der Waals surface area contributed by atoms with Crippen LogP contribution in [0.15, 0.2) is 24.5 Å². The Bertz CT molecular complexity index is 2700. The van der Waals surface area contributed by atoms with Crippen LogP contribution in [0.5, 0.6) is 6.01 Å². The van der Waals surface area contributed by atoms with Gasteiger partial charge >= 0.3 is 18.3 Å². The molecule has 1 aromatic carbocycles. The molecule has 10 rings (SSSR count). The van der Waals surface area contributed by atoms with Crippen LogP contribution in [0.2, 0.25) is 0 Å². The van der Waals surface area contributed by atoms with Gasteiger partial charge in [-0.25, -0.2) is 18.3 Å². The van der Waals surface area contributed by atoms with Gasteiger partial charge in [-0.3, -0.25) is 9.88 Å². The summed E-state index contributed by atoms with van der Waals surface area (Å²) in [5, 5.41) is 6.06. The zero-order valence-electron chi connectivity index (χ0n) is 37.7. The number of fused-ring (bicyclic) bond motifs is 6. The molecule has 18 heteroatoms. The van der Waals surface area contributed by atoms with Crippen molar-refractivity contribution in [3.05, 3.63) is 35.7 Å². The smallest absolute Gasteiger partial charge is 0.417 e. The first-order chi connectivity index (χ1) is 31.4. The number of piperidine rings is 1. The van der Waals surface area contributed by atoms with Crippen molar-refractivity contribution in [2.75, 3.05) is 50.8 Å². The SMILES string of the molecule is C#CCCC1CCN(C[C@@]2(COc3nc(N4CC5CCC(C4)N5C(=O)OC(C)(C)C)c4c(n3)sc3c(-c5c(C(F)(F)F)c(C)cc6c5cnn6C5CCCCO5)nccc34)CC2(F)F)CC1. The quantitative estimate of drug-likeness (QED) is 0.0991. The lowest BCUT2D eigenvalue weighted by molar-refractivity contribution is -0.137. The predicted molar refractivity (Wildman–Crippen MR) is 242 cm³/mol. The van der Waals surface area contributed by atoms with Gasteiger partial charge in [-0.2, -0.15) is 28.2 Å². The number of aromatic nitrogens is 5. The zero-order valence-corrected chi connectivity index (χ0v) is 38.5. The first kappa shape index (κ1) is 44.9. The summed E-state index contributed by atoms with van der Waals surface area (Å²) in [7, 11) is 0. The number of aryl methyl sites for hydroxylation is 1. The normalized spacial score (nSPS) is 24.9. The number of likely N-dealkylation sites (tertiary alicyclic amines) is 1. The third-order valence-corrected chi connectivity index (χ3v) is 15.4. The molecule has 1 aliphatic carbocycles. The van der Waals surface area contributed by atoms with Gasteiger partial charge in [0.25, 0.3) is 5.92 Å². The van der Waals surface area contributed by atoms with Gasteiger partial charge < -0.3 is 24.0 Å². The highest BCUT2D eigenvalue weighted by Crippen LogP contribution is 2.61. The lowest BCUT2D eigenvalue weighted by Gasteiger charge is -2.42. The number of amides is 1. The van der Waals surface area contributed by atoms with Gasteiger partial charge in [-0.15, -0.1) is 23.7 Å². The van der Waals surface area contributed by atoms with Crippen molar-refractivity contribution in [1.29, 1.82) is 0 Å². The number of halogens is 5. The number of nitrogens with zero attached hydrogens (tertiary/aromatic N) is 8. The summed E-state index contributed by atoms with van der Waals surface area (Å²) in [6.45, 7) is 9.49. The molecule has 4 saturated heterocycles. The van der Waals surface area contributed by atoms with E-state index in [1.54, 1.807) is 10.7 Å². The van der Waals surface area contributed by atoms with Gasteiger partial charge in [0.1, 0.15) is 22.9 Å². The minimum atomic E-state index is -4.74. The van der Waals surface area contributed by atoms with Crippen LogP contribution in [0.25, 0.3) is 42.5 Å². The van der Waals surface area contributed by atoms with Crippen LogP contribution in [-0.4, -0.2) is 110 Å². The summed E-state index contributed by atoms with van der Waals surface area (Å²) in [4.78, 5) is 34.4. The standard InChI is InChI=1S/C48H55F5N8O4S/c1-6-7-10-29-15-18-58(19-16-29)26-46(25-47(46,49)50)27-64-43-56-41(59-23-30-12-13-31(24-59)60(30)44(62)65-45(3,4)5)37-32-14-17-54-39(40(32)66-42(37)57-43)36-33-22-55-61(35-11-8-9-20-63-35)34(33)21-28(2)38(36)48(51,52)53/h1,14,17,21-22,29-31,35H,7-13,15-16,18-20,23-27H2,2-5H3/t30?,31?,35?,46-/m1/s1. The highest BCUT2D eigenvalue weighted by atomic mass is 32.1. The summed E-state index contributed by atoms with van der Waals surface area (Å²) in [6.07, 6.45) is 9.98. The van der Waals surface area contributed by atoms with E-state index in [2.05, 4.69) is 25.8 Å². The van der Waals surface area contributed by atoms with Gasteiger partial charge in [-0.05, 0) is 116 Å². The second kappa shape index (κ2) is 16.7. The van der Waals surface area contributed by atoms with Gasteiger partial charge in [0.2, 0.25) is 0 Å². The first-order valence-corrected chi connectivity index (χ1v) is 24.0. The van der Waals surface area contributed by atoms with Crippen molar-refractivity contribution in [1.82, 2.24) is 34.5 Å². The maximum atomic E-state index is 15.5. The van der Waals surface area contributed by atoms with Crippen LogP contribution >= 0.6 is 11.3 Å². The summed E-state index contributed by atoms with van der Waals surface area (Å²) in [6, 6.07) is 2.76. The van der Waals surface area contributed by atoms with Crippen molar-refractivity contribution in [3.63, 3.8) is 0 Å². The molecular formula is C48H55F5N8O4S. The number of rotatable bonds is 10. The predicted octanol–water partition coefficient (Wildman–Crippen LogP) is 10.4. The fourth-order valence-corrected chi connectivity index (χ4v) is 12.1. The molecular weight excluding hydrogens is 880 g/mol. The molecule has 5 aliphatic rings. The molecule has 4 atom stereocenters. The van der Waals surface area contributed by atoms with Crippen LogP contribution in [0.1, 0.15) is 102 Å². The van der Waals surface area contributed by atoms with Crippen LogP contribution in [0.4, 0.5) is 32.6 Å². The van der Waals surface area contributed by atoms with Crippen molar-refractivity contribution in [2.24, 2.45) is 11.3 Å². The number of piperazine rings is 1. The van der Waals surface area contributed by atoms with E-state index in [0.29, 0.717) is 83.2 Å². The number of hydrogen-bond donors (Lipinski definition) is 0. The number of terminal acetylenes is 1. The Labute approximate surface area is 384 Å². The number of alkyl halides is 5. The third-order valence-electron chi connectivity index (χ3n) is 14.3. The second-order valence-electron chi connectivity index (χ2n) is 20.0. The number of pyridine rings is 1. The Balaban J connectivity index is 1.06. The van der Waals surface area contributed by atoms with E-state index in [4.69, 9.17) is 30.6 Å². The number of carbonyl (C=O) groups excluding carboxylic acids is 1. The molecule has 4 aliphatic heterocycles. The Morgan fingerprint density at radius 1 is 1.05 bits per heavy atom. The molecule has 5 aromatic rings. The Kier molecular flexibility index (Phi) is 11.4. The lowest BCUT2D eigenvalue weighted by Crippen LogP contribution is -2.57. The van der Waals surface area contributed by atoms with E-state index >= 15 is 22.0 Å². The van der Waals surface area contributed by atoms with E-state index < -0.39 is 34.9 Å². The number of hydrogen-bond acceptors (Lipinski definition) is 11. The Morgan fingerprint density at radius 3 is 2.44 bits per heavy atom. The molecule has 3 unspecified atom stereocenters. The highest BCUT2D eigenvalue weighted by molar-refractivity contribution is 7.26. The van der Waals surface area contributed by atoms with Gasteiger partial charge in [-0.1, -0.05) is 0 Å². The number of ether oxygens (including phenoxy) is 3. The summed E-state index contributed by atoms with van der Waals surface area (Å²) in [5.41, 5.74) is -2.37. The van der Waals surface area contributed by atoms with E-state index in [9.17, 15) is 4.79 Å². The minimum absolute atomic E-state index is 0.0241. The second-order valence-corrected chi connectivity index (χ2v) is 21.0. The average Bonchev–Trinajstić information content (AvgIpc) is 3.63. The number of thiophene rings is 1. The molecule has 66 heavy (non-hydrogen) atoms. The zero-order chi connectivity index (χ0) is 46.3. The van der Waals surface area contributed by atoms with Crippen LogP contribution in [0.3, 0.4) is 0 Å². The molecule has 5 fully saturated rings. The fourth-order valence-electron chi connectivity index (χ4n) is 10.9. The van der Waals surface area contributed by atoms with E-state index in [1.165, 1.54) is 25.4 Å². The number of anilines is 1. The Morgan fingerprint density at radius 2 is 1.79 bits per heavy atom. The van der Waals surface area contributed by atoms with Crippen LogP contribution < -0.4 is 9.64 Å². The van der Waals surface area contributed by atoms with Gasteiger partial charge in [0.15, 0.2) is 6.23 Å². The van der Waals surface area contributed by atoms with Crippen molar-refractivity contribution in [2.45, 2.75) is 128 Å². The Hall–Kier alpha value is -4.86. The molecule has 4 aromatic heterocycles. The molecule has 1 saturated carbocycles. The van der Waals surface area contributed by atoms with Gasteiger partial charge in [0, 0.05) is 61.6 Å². The van der Waals surface area contributed by atoms with Gasteiger partial charge in [0.05, 0.1) is 50.6 Å². The molecule has 2 bridgehead atoms. The van der Waals surface area contributed by atoms with Crippen molar-refractivity contribution >= 4 is 54.5 Å². The maximum absolute atomic E-state index is 15.5. The molecule has 1 amide bonds. The van der Waals surface area contributed by atoms with Crippen LogP contribution in [-0.2, 0) is 15.7 Å². The average molecular weight is 935 g/mol. The summed E-state index contributed by atoms with van der Waals surface area (Å²) in [5.74, 6) is 0.696. The molecule has 352 valence electrons. The summed E-state index contributed by atoms with van der Waals surface area (Å²) >= 11 is 1.16. The van der Waals surface area contributed by atoms with E-state index in [0.717, 1.165) is 56.3 Å². The number of carbonyl (C=O) groups is 1. The molecule has 0 radical (unpaired) electrons. The third kappa shape index (κ3) is 8.20. The largest absolute Gasteiger partial charge is 0.462 e. The monoisotopic (exact) mass is 934 g/mol. The number of benzene rings is 1. The topological polar surface area (TPSA) is 111 Å². The molecule has 0 spiro atoms. The van der Waals surface area contributed by atoms with E-state index in [-0.39, 0.29) is 66.0 Å². The van der Waals surface area contributed by atoms with Crippen LogP contribution in [0, 0.1) is 30.6 Å². The summed E-state index contributed by atoms with van der Waals surface area (Å²) < 4.78 is 97.2. The minimum Gasteiger partial charge on any atom is -0.462 e. The maximum Gasteiger partial charge on any atom is 0.417 e.